The molecule has 6 nitrogen and oxygen atoms in total. The van der Waals surface area contributed by atoms with Crippen LogP contribution in [-0.2, 0) is 16.0 Å². The zero-order chi connectivity index (χ0) is 23.4. The summed E-state index contributed by atoms with van der Waals surface area (Å²) in [7, 11) is 0. The zero-order valence-electron chi connectivity index (χ0n) is 18.3. The van der Waals surface area contributed by atoms with Crippen LogP contribution in [0.5, 0.6) is 11.5 Å². The van der Waals surface area contributed by atoms with Crippen molar-refractivity contribution in [3.8, 4) is 11.5 Å². The first kappa shape index (κ1) is 22.1. The van der Waals surface area contributed by atoms with Crippen molar-refractivity contribution in [3.63, 3.8) is 0 Å². The van der Waals surface area contributed by atoms with Gasteiger partial charge in [0.2, 0.25) is 0 Å². The van der Waals surface area contributed by atoms with Crippen LogP contribution in [0.4, 0.5) is 0 Å². The van der Waals surface area contributed by atoms with E-state index in [1.54, 1.807) is 36.4 Å². The van der Waals surface area contributed by atoms with Gasteiger partial charge >= 0.3 is 0 Å². The Morgan fingerprint density at radius 3 is 2.39 bits per heavy atom. The summed E-state index contributed by atoms with van der Waals surface area (Å²) >= 11 is 0. The van der Waals surface area contributed by atoms with Crippen LogP contribution >= 0.6 is 0 Å². The van der Waals surface area contributed by atoms with E-state index in [1.165, 1.54) is 17.0 Å². The van der Waals surface area contributed by atoms with Crippen LogP contribution in [0, 0.1) is 0 Å². The van der Waals surface area contributed by atoms with E-state index >= 15 is 0 Å². The van der Waals surface area contributed by atoms with Crippen molar-refractivity contribution in [2.75, 3.05) is 13.2 Å². The van der Waals surface area contributed by atoms with Crippen molar-refractivity contribution in [3.05, 3.63) is 101 Å². The fourth-order valence-corrected chi connectivity index (χ4v) is 4.06. The van der Waals surface area contributed by atoms with Gasteiger partial charge in [-0.25, -0.2) is 0 Å². The molecule has 1 heterocycles. The Bertz CT molecular complexity index is 1180. The summed E-state index contributed by atoms with van der Waals surface area (Å²) in [5, 5.41) is 20.9. The predicted octanol–water partition coefficient (Wildman–Crippen LogP) is 4.46. The molecule has 3 aromatic rings. The van der Waals surface area contributed by atoms with Crippen molar-refractivity contribution in [2.45, 2.75) is 19.4 Å². The molecule has 1 saturated heterocycles. The van der Waals surface area contributed by atoms with Crippen molar-refractivity contribution >= 4 is 17.4 Å². The molecule has 0 saturated carbocycles. The van der Waals surface area contributed by atoms with Crippen LogP contribution in [0.3, 0.4) is 0 Å². The van der Waals surface area contributed by atoms with Gasteiger partial charge in [0.15, 0.2) is 0 Å². The smallest absolute Gasteiger partial charge is 0.295 e. The molecule has 4 rings (SSSR count). The Morgan fingerprint density at radius 2 is 1.70 bits per heavy atom. The highest BCUT2D eigenvalue weighted by Crippen LogP contribution is 2.40. The van der Waals surface area contributed by atoms with Gasteiger partial charge in [-0.3, -0.25) is 9.59 Å². The van der Waals surface area contributed by atoms with Gasteiger partial charge in [0.1, 0.15) is 17.3 Å². The number of likely N-dealkylation sites (tertiary alicyclic amines) is 1. The third-order valence-electron chi connectivity index (χ3n) is 5.65. The second-order valence-electron chi connectivity index (χ2n) is 7.78. The zero-order valence-corrected chi connectivity index (χ0v) is 18.3. The maximum Gasteiger partial charge on any atom is 0.295 e. The van der Waals surface area contributed by atoms with E-state index in [2.05, 4.69) is 0 Å². The fourth-order valence-electron chi connectivity index (χ4n) is 4.06. The first-order valence-electron chi connectivity index (χ1n) is 10.8. The van der Waals surface area contributed by atoms with Crippen LogP contribution in [0.2, 0.25) is 0 Å². The number of amides is 1. The Morgan fingerprint density at radius 1 is 0.970 bits per heavy atom. The number of phenolic OH excluding ortho intramolecular Hbond substituents is 1. The second-order valence-corrected chi connectivity index (χ2v) is 7.78. The van der Waals surface area contributed by atoms with E-state index in [1.807, 2.05) is 37.3 Å². The van der Waals surface area contributed by atoms with Crippen molar-refractivity contribution < 1.29 is 24.5 Å². The van der Waals surface area contributed by atoms with Gasteiger partial charge in [0.05, 0.1) is 18.2 Å². The quantitative estimate of drug-likeness (QED) is 0.320. The normalized spacial score (nSPS) is 17.4. The largest absolute Gasteiger partial charge is 0.508 e. The lowest BCUT2D eigenvalue weighted by atomic mass is 9.95. The lowest BCUT2D eigenvalue weighted by molar-refractivity contribution is -0.139. The van der Waals surface area contributed by atoms with Crippen LogP contribution in [0.25, 0.3) is 5.76 Å². The van der Waals surface area contributed by atoms with Crippen molar-refractivity contribution in [1.29, 1.82) is 0 Å². The minimum absolute atomic E-state index is 0.0207. The standard InChI is InChI=1S/C27H25NO5/c1-2-33-22-10-6-9-20(17-22)25(30)23-24(19-11-13-21(29)14-12-19)28(27(32)26(23)31)16-15-18-7-4-3-5-8-18/h3-14,17,24,29-30H,2,15-16H2,1H3/b25-23+. The molecular weight excluding hydrogens is 418 g/mol. The molecule has 168 valence electrons. The summed E-state index contributed by atoms with van der Waals surface area (Å²) in [5.74, 6) is -1.02. The number of phenols is 1. The summed E-state index contributed by atoms with van der Waals surface area (Å²) in [6, 6.07) is 22.0. The number of aromatic hydroxyl groups is 1. The summed E-state index contributed by atoms with van der Waals surface area (Å²) < 4.78 is 5.52. The number of rotatable bonds is 7. The molecule has 0 bridgehead atoms. The number of carbonyl (C=O) groups excluding carboxylic acids is 2. The molecule has 1 unspecified atom stereocenters. The van der Waals surface area contributed by atoms with E-state index < -0.39 is 17.7 Å². The van der Waals surface area contributed by atoms with E-state index in [0.29, 0.717) is 36.4 Å². The van der Waals surface area contributed by atoms with E-state index in [-0.39, 0.29) is 17.1 Å². The maximum absolute atomic E-state index is 13.1. The van der Waals surface area contributed by atoms with Crippen molar-refractivity contribution in [1.82, 2.24) is 4.90 Å². The number of hydrogen-bond donors (Lipinski definition) is 2. The molecule has 0 radical (unpaired) electrons. The molecule has 2 N–H and O–H groups in total. The number of carbonyl (C=O) groups is 2. The molecule has 6 heteroatoms. The van der Waals surface area contributed by atoms with E-state index in [0.717, 1.165) is 5.56 Å². The number of benzene rings is 3. The average Bonchev–Trinajstić information content (AvgIpc) is 3.08. The number of aliphatic hydroxyl groups excluding tert-OH is 1. The number of ether oxygens (including phenoxy) is 1. The molecule has 3 aromatic carbocycles. The summed E-state index contributed by atoms with van der Waals surface area (Å²) in [6.07, 6.45) is 0.558. The number of nitrogens with zero attached hydrogens (tertiary/aromatic N) is 1. The molecule has 1 aliphatic heterocycles. The highest BCUT2D eigenvalue weighted by Gasteiger charge is 2.45. The van der Waals surface area contributed by atoms with Crippen LogP contribution in [0.15, 0.2) is 84.4 Å². The van der Waals surface area contributed by atoms with Crippen LogP contribution < -0.4 is 4.74 Å². The van der Waals surface area contributed by atoms with Gasteiger partial charge in [0.25, 0.3) is 11.7 Å². The Labute approximate surface area is 192 Å². The molecule has 0 aliphatic carbocycles. The van der Waals surface area contributed by atoms with Crippen molar-refractivity contribution in [2.24, 2.45) is 0 Å². The molecule has 33 heavy (non-hydrogen) atoms. The Kier molecular flexibility index (Phi) is 6.45. The van der Waals surface area contributed by atoms with Gasteiger partial charge < -0.3 is 19.8 Å². The molecule has 1 atom stereocenters. The Balaban J connectivity index is 1.78. The highest BCUT2D eigenvalue weighted by atomic mass is 16.5. The van der Waals surface area contributed by atoms with E-state index in [4.69, 9.17) is 4.74 Å². The SMILES string of the molecule is CCOc1cccc(/C(O)=C2\C(=O)C(=O)N(CCc3ccccc3)C2c2ccc(O)cc2)c1. The Hall–Kier alpha value is -4.06. The number of aliphatic hydroxyl groups is 1. The lowest BCUT2D eigenvalue weighted by Gasteiger charge is -2.25. The number of ketones is 1. The number of Topliss-reactive ketones (excluding diaryl/α,β-unsaturated/α-hetero) is 1. The minimum atomic E-state index is -0.773. The van der Waals surface area contributed by atoms with Gasteiger partial charge in [-0.2, -0.15) is 0 Å². The molecule has 0 aromatic heterocycles. The molecule has 1 fully saturated rings. The highest BCUT2D eigenvalue weighted by molar-refractivity contribution is 6.46. The molecular formula is C27H25NO5. The lowest BCUT2D eigenvalue weighted by Crippen LogP contribution is -2.31. The molecule has 0 spiro atoms. The predicted molar refractivity (Wildman–Crippen MR) is 125 cm³/mol. The third kappa shape index (κ3) is 4.60. The fraction of sp³-hybridized carbons (Fsp3) is 0.185. The van der Waals surface area contributed by atoms with Crippen LogP contribution in [0.1, 0.15) is 29.7 Å². The third-order valence-corrected chi connectivity index (χ3v) is 5.65. The summed E-state index contributed by atoms with van der Waals surface area (Å²) in [6.45, 7) is 2.62. The van der Waals surface area contributed by atoms with E-state index in [9.17, 15) is 19.8 Å². The number of hydrogen-bond acceptors (Lipinski definition) is 5. The molecule has 1 amide bonds. The second kappa shape index (κ2) is 9.61. The van der Waals surface area contributed by atoms with Gasteiger partial charge in [0, 0.05) is 12.1 Å². The average molecular weight is 443 g/mol. The topological polar surface area (TPSA) is 87.1 Å². The summed E-state index contributed by atoms with van der Waals surface area (Å²) in [4.78, 5) is 27.6. The monoisotopic (exact) mass is 443 g/mol. The first-order valence-corrected chi connectivity index (χ1v) is 10.8. The first-order chi connectivity index (χ1) is 16.0. The molecule has 1 aliphatic rings. The maximum atomic E-state index is 13.1. The van der Waals surface area contributed by atoms with Gasteiger partial charge in [-0.05, 0) is 48.7 Å². The van der Waals surface area contributed by atoms with Crippen LogP contribution in [-0.4, -0.2) is 40.0 Å². The van der Waals surface area contributed by atoms with Gasteiger partial charge in [-0.15, -0.1) is 0 Å². The van der Waals surface area contributed by atoms with Gasteiger partial charge in [-0.1, -0.05) is 54.6 Å². The summed E-state index contributed by atoms with van der Waals surface area (Å²) in [5.41, 5.74) is 2.08. The minimum Gasteiger partial charge on any atom is -0.508 e.